The second-order valence-corrected chi connectivity index (χ2v) is 5.12. The third kappa shape index (κ3) is 4.82. The monoisotopic (exact) mass is 323 g/mol. The third-order valence-corrected chi connectivity index (χ3v) is 3.35. The number of aliphatic hydroxyl groups excluding tert-OH is 1. The van der Waals surface area contributed by atoms with Gasteiger partial charge < -0.3 is 10.4 Å². The molecule has 0 aliphatic carbocycles. The minimum Gasteiger partial charge on any atom is -0.394 e. The summed E-state index contributed by atoms with van der Waals surface area (Å²) in [6.07, 6.45) is -4.00. The predicted molar refractivity (Wildman–Crippen MR) is 79.9 cm³/mol. The summed E-state index contributed by atoms with van der Waals surface area (Å²) in [6, 6.07) is 12.7. The summed E-state index contributed by atoms with van der Waals surface area (Å²) >= 11 is 0. The number of alkyl halides is 3. The van der Waals surface area contributed by atoms with Crippen molar-refractivity contribution in [2.75, 3.05) is 6.61 Å². The molecule has 122 valence electrons. The molecule has 3 nitrogen and oxygen atoms in total. The smallest absolute Gasteiger partial charge is 0.394 e. The Labute approximate surface area is 131 Å². The van der Waals surface area contributed by atoms with Gasteiger partial charge in [0.15, 0.2) is 0 Å². The average Bonchev–Trinajstić information content (AvgIpc) is 2.54. The molecule has 0 aromatic heterocycles. The van der Waals surface area contributed by atoms with E-state index in [1.807, 2.05) is 30.3 Å². The number of halogens is 3. The maximum Gasteiger partial charge on any atom is 0.416 e. The molecule has 0 aliphatic heterocycles. The molecule has 0 fully saturated rings. The Morgan fingerprint density at radius 3 is 2.17 bits per heavy atom. The van der Waals surface area contributed by atoms with Crippen LogP contribution >= 0.6 is 0 Å². The molecule has 2 aromatic carbocycles. The fourth-order valence-corrected chi connectivity index (χ4v) is 2.14. The highest BCUT2D eigenvalue weighted by atomic mass is 19.4. The van der Waals surface area contributed by atoms with Gasteiger partial charge in [-0.05, 0) is 36.2 Å². The van der Waals surface area contributed by atoms with Crippen LogP contribution in [0, 0.1) is 0 Å². The summed E-state index contributed by atoms with van der Waals surface area (Å²) in [5, 5.41) is 12.0. The first-order chi connectivity index (χ1) is 10.9. The third-order valence-electron chi connectivity index (χ3n) is 3.35. The highest BCUT2D eigenvalue weighted by Gasteiger charge is 2.30. The van der Waals surface area contributed by atoms with Crippen LogP contribution in [-0.2, 0) is 12.6 Å². The number of carbonyl (C=O) groups is 1. The number of benzene rings is 2. The van der Waals surface area contributed by atoms with Crippen molar-refractivity contribution in [3.63, 3.8) is 0 Å². The topological polar surface area (TPSA) is 49.3 Å². The van der Waals surface area contributed by atoms with Gasteiger partial charge in [-0.15, -0.1) is 0 Å². The first-order valence-electron chi connectivity index (χ1n) is 7.03. The first kappa shape index (κ1) is 17.0. The van der Waals surface area contributed by atoms with E-state index < -0.39 is 23.7 Å². The molecule has 2 rings (SSSR count). The molecule has 0 unspecified atom stereocenters. The van der Waals surface area contributed by atoms with Gasteiger partial charge in [-0.25, -0.2) is 0 Å². The Balaban J connectivity index is 2.02. The molecular formula is C17H16F3NO2. The Morgan fingerprint density at radius 2 is 1.65 bits per heavy atom. The molecule has 0 saturated heterocycles. The second-order valence-electron chi connectivity index (χ2n) is 5.12. The van der Waals surface area contributed by atoms with Crippen LogP contribution in [0.3, 0.4) is 0 Å². The average molecular weight is 323 g/mol. The van der Waals surface area contributed by atoms with Crippen LogP contribution in [0.15, 0.2) is 54.6 Å². The first-order valence-corrected chi connectivity index (χ1v) is 7.03. The fourth-order valence-electron chi connectivity index (χ4n) is 2.14. The minimum absolute atomic E-state index is 0.115. The van der Waals surface area contributed by atoms with E-state index in [4.69, 9.17) is 0 Å². The zero-order valence-electron chi connectivity index (χ0n) is 12.2. The number of carbonyl (C=O) groups excluding carboxylic acids is 1. The van der Waals surface area contributed by atoms with Gasteiger partial charge in [0.2, 0.25) is 0 Å². The summed E-state index contributed by atoms with van der Waals surface area (Å²) in [7, 11) is 0. The highest BCUT2D eigenvalue weighted by molar-refractivity contribution is 5.94. The lowest BCUT2D eigenvalue weighted by atomic mass is 10.1. The Bertz CT molecular complexity index is 639. The number of rotatable bonds is 5. The van der Waals surface area contributed by atoms with Crippen molar-refractivity contribution in [2.24, 2.45) is 0 Å². The lowest BCUT2D eigenvalue weighted by Gasteiger charge is -2.16. The van der Waals surface area contributed by atoms with Crippen molar-refractivity contribution in [3.05, 3.63) is 71.3 Å². The van der Waals surface area contributed by atoms with Gasteiger partial charge in [0.1, 0.15) is 0 Å². The summed E-state index contributed by atoms with van der Waals surface area (Å²) in [5.74, 6) is -0.520. The van der Waals surface area contributed by atoms with E-state index in [1.54, 1.807) is 0 Å². The second kappa shape index (κ2) is 7.28. The molecule has 1 atom stereocenters. The van der Waals surface area contributed by atoms with Crippen LogP contribution in [0.25, 0.3) is 0 Å². The van der Waals surface area contributed by atoms with Gasteiger partial charge >= 0.3 is 6.18 Å². The van der Waals surface area contributed by atoms with Gasteiger partial charge in [-0.2, -0.15) is 13.2 Å². The highest BCUT2D eigenvalue weighted by Crippen LogP contribution is 2.29. The molecule has 2 aromatic rings. The van der Waals surface area contributed by atoms with Gasteiger partial charge in [0.25, 0.3) is 5.91 Å². The molecule has 2 N–H and O–H groups in total. The van der Waals surface area contributed by atoms with E-state index in [0.717, 1.165) is 29.8 Å². The van der Waals surface area contributed by atoms with Crippen LogP contribution in [-0.4, -0.2) is 23.7 Å². The van der Waals surface area contributed by atoms with Gasteiger partial charge in [0.05, 0.1) is 18.2 Å². The van der Waals surface area contributed by atoms with E-state index >= 15 is 0 Å². The molecule has 0 spiro atoms. The SMILES string of the molecule is O=C(N[C@H](CO)Cc1ccccc1)c1ccc(C(F)(F)F)cc1. The lowest BCUT2D eigenvalue weighted by molar-refractivity contribution is -0.137. The van der Waals surface area contributed by atoms with Crippen LogP contribution in [0.4, 0.5) is 13.2 Å². The quantitative estimate of drug-likeness (QED) is 0.888. The molecule has 0 radical (unpaired) electrons. The maximum atomic E-state index is 12.5. The summed E-state index contributed by atoms with van der Waals surface area (Å²) in [4.78, 5) is 12.1. The van der Waals surface area contributed by atoms with E-state index in [9.17, 15) is 23.1 Å². The summed E-state index contributed by atoms with van der Waals surface area (Å²) in [6.45, 7) is -0.263. The van der Waals surface area contributed by atoms with Crippen LogP contribution in [0.1, 0.15) is 21.5 Å². The van der Waals surface area contributed by atoms with Crippen molar-refractivity contribution >= 4 is 5.91 Å². The van der Waals surface area contributed by atoms with Crippen LogP contribution < -0.4 is 5.32 Å². The predicted octanol–water partition coefficient (Wildman–Crippen LogP) is 3.04. The van der Waals surface area contributed by atoms with Crippen molar-refractivity contribution < 1.29 is 23.1 Å². The van der Waals surface area contributed by atoms with Crippen molar-refractivity contribution in [2.45, 2.75) is 18.6 Å². The number of hydrogen-bond acceptors (Lipinski definition) is 2. The summed E-state index contributed by atoms with van der Waals surface area (Å²) in [5.41, 5.74) is 0.251. The van der Waals surface area contributed by atoms with E-state index in [2.05, 4.69) is 5.32 Å². The Kier molecular flexibility index (Phi) is 5.39. The zero-order chi connectivity index (χ0) is 16.9. The molecule has 6 heteroatoms. The molecule has 23 heavy (non-hydrogen) atoms. The Morgan fingerprint density at radius 1 is 1.04 bits per heavy atom. The Hall–Kier alpha value is -2.34. The standard InChI is InChI=1S/C17H16F3NO2/c18-17(19,20)14-8-6-13(7-9-14)16(23)21-15(11-22)10-12-4-2-1-3-5-12/h1-9,15,22H,10-11H2,(H,21,23)/t15-/m0/s1. The summed E-state index contributed by atoms with van der Waals surface area (Å²) < 4.78 is 37.5. The molecule has 0 saturated carbocycles. The van der Waals surface area contributed by atoms with Crippen LogP contribution in [0.2, 0.25) is 0 Å². The number of aliphatic hydroxyl groups is 1. The normalized spacial score (nSPS) is 12.7. The van der Waals surface area contributed by atoms with E-state index in [-0.39, 0.29) is 12.2 Å². The largest absolute Gasteiger partial charge is 0.416 e. The van der Waals surface area contributed by atoms with Crippen LogP contribution in [0.5, 0.6) is 0 Å². The number of nitrogens with one attached hydrogen (secondary N) is 1. The minimum atomic E-state index is -4.43. The lowest BCUT2D eigenvalue weighted by Crippen LogP contribution is -2.39. The van der Waals surface area contributed by atoms with Gasteiger partial charge in [-0.3, -0.25) is 4.79 Å². The fraction of sp³-hybridized carbons (Fsp3) is 0.235. The van der Waals surface area contributed by atoms with Crippen molar-refractivity contribution in [1.29, 1.82) is 0 Å². The molecule has 0 aliphatic rings. The van der Waals surface area contributed by atoms with E-state index in [0.29, 0.717) is 6.42 Å². The van der Waals surface area contributed by atoms with Gasteiger partial charge in [0, 0.05) is 5.56 Å². The van der Waals surface area contributed by atoms with E-state index in [1.165, 1.54) is 0 Å². The number of hydrogen-bond donors (Lipinski definition) is 2. The zero-order valence-corrected chi connectivity index (χ0v) is 12.2. The van der Waals surface area contributed by atoms with Crippen molar-refractivity contribution in [3.8, 4) is 0 Å². The molecular weight excluding hydrogens is 307 g/mol. The maximum absolute atomic E-state index is 12.5. The molecule has 0 bridgehead atoms. The molecule has 0 heterocycles. The number of amides is 1. The van der Waals surface area contributed by atoms with Crippen molar-refractivity contribution in [1.82, 2.24) is 5.32 Å². The molecule has 1 amide bonds. The van der Waals surface area contributed by atoms with Gasteiger partial charge in [-0.1, -0.05) is 30.3 Å².